The Hall–Kier alpha value is -2.58. The minimum absolute atomic E-state index is 0.150. The minimum Gasteiger partial charge on any atom is -0.497 e. The first-order chi connectivity index (χ1) is 14.8. The van der Waals surface area contributed by atoms with Crippen molar-refractivity contribution in [1.82, 2.24) is 9.62 Å². The van der Waals surface area contributed by atoms with E-state index in [9.17, 15) is 13.2 Å². The number of carbonyl (C=O) groups is 1. The highest BCUT2D eigenvalue weighted by atomic mass is 32.2. The number of amides is 1. The van der Waals surface area contributed by atoms with Gasteiger partial charge in [-0.1, -0.05) is 12.5 Å². The van der Waals surface area contributed by atoms with E-state index in [1.165, 1.54) is 10.4 Å². The molecule has 1 fully saturated rings. The fourth-order valence-electron chi connectivity index (χ4n) is 3.79. The third kappa shape index (κ3) is 5.02. The molecule has 0 spiro atoms. The Morgan fingerprint density at radius 2 is 1.74 bits per heavy atom. The lowest BCUT2D eigenvalue weighted by Crippen LogP contribution is -2.35. The van der Waals surface area contributed by atoms with Crippen LogP contribution >= 0.6 is 0 Å². The van der Waals surface area contributed by atoms with E-state index in [0.29, 0.717) is 35.7 Å². The van der Waals surface area contributed by atoms with Gasteiger partial charge in [0.15, 0.2) is 0 Å². The second-order valence-corrected chi connectivity index (χ2v) is 9.68. The van der Waals surface area contributed by atoms with Crippen LogP contribution in [-0.2, 0) is 10.0 Å². The summed E-state index contributed by atoms with van der Waals surface area (Å²) in [5.41, 5.74) is 1.82. The van der Waals surface area contributed by atoms with Crippen LogP contribution in [0.25, 0.3) is 0 Å². The molecule has 0 unspecified atom stereocenters. The molecule has 8 heteroatoms. The van der Waals surface area contributed by atoms with Gasteiger partial charge in [0, 0.05) is 24.2 Å². The molecule has 1 atom stereocenters. The van der Waals surface area contributed by atoms with E-state index in [1.54, 1.807) is 45.4 Å². The van der Waals surface area contributed by atoms with Gasteiger partial charge in [-0.2, -0.15) is 4.31 Å². The third-order valence-electron chi connectivity index (χ3n) is 5.66. The monoisotopic (exact) mass is 446 g/mol. The summed E-state index contributed by atoms with van der Waals surface area (Å²) >= 11 is 0. The Morgan fingerprint density at radius 3 is 2.39 bits per heavy atom. The number of piperidine rings is 1. The van der Waals surface area contributed by atoms with Crippen LogP contribution in [0.15, 0.2) is 41.3 Å². The summed E-state index contributed by atoms with van der Waals surface area (Å²) in [6.45, 7) is 4.68. The fourth-order valence-corrected chi connectivity index (χ4v) is 5.33. The van der Waals surface area contributed by atoms with Crippen LogP contribution in [-0.4, -0.2) is 45.9 Å². The van der Waals surface area contributed by atoms with Crippen molar-refractivity contribution in [3.05, 3.63) is 53.1 Å². The van der Waals surface area contributed by atoms with Gasteiger partial charge in [0.1, 0.15) is 11.5 Å². The van der Waals surface area contributed by atoms with E-state index in [2.05, 4.69) is 5.32 Å². The number of benzene rings is 2. The number of hydrogen-bond acceptors (Lipinski definition) is 5. The Bertz CT molecular complexity index is 1050. The van der Waals surface area contributed by atoms with E-state index in [0.717, 1.165) is 24.8 Å². The van der Waals surface area contributed by atoms with Crippen molar-refractivity contribution in [2.75, 3.05) is 27.3 Å². The molecule has 0 aromatic heterocycles. The van der Waals surface area contributed by atoms with Crippen LogP contribution in [0.4, 0.5) is 0 Å². The second-order valence-electron chi connectivity index (χ2n) is 7.74. The molecule has 1 N–H and O–H groups in total. The SMILES string of the molecule is COc1ccc(OC)c([C@@H](C)NC(=O)c2cc(S(=O)(=O)N3CCCCC3)ccc2C)c1. The zero-order valence-corrected chi connectivity index (χ0v) is 19.3. The summed E-state index contributed by atoms with van der Waals surface area (Å²) in [4.78, 5) is 13.2. The normalized spacial score (nSPS) is 15.9. The van der Waals surface area contributed by atoms with Crippen molar-refractivity contribution in [2.24, 2.45) is 0 Å². The molecule has 1 saturated heterocycles. The number of sulfonamides is 1. The number of nitrogens with zero attached hydrogens (tertiary/aromatic N) is 1. The summed E-state index contributed by atoms with van der Waals surface area (Å²) in [5, 5.41) is 2.95. The maximum Gasteiger partial charge on any atom is 0.252 e. The average Bonchev–Trinajstić information content (AvgIpc) is 2.79. The van der Waals surface area contributed by atoms with Gasteiger partial charge in [-0.15, -0.1) is 0 Å². The van der Waals surface area contributed by atoms with Crippen molar-refractivity contribution < 1.29 is 22.7 Å². The molecule has 168 valence electrons. The lowest BCUT2D eigenvalue weighted by atomic mass is 10.0. The Balaban J connectivity index is 1.86. The van der Waals surface area contributed by atoms with Crippen LogP contribution < -0.4 is 14.8 Å². The predicted octanol–water partition coefficient (Wildman–Crippen LogP) is 3.68. The van der Waals surface area contributed by atoms with Gasteiger partial charge in [0.2, 0.25) is 10.0 Å². The van der Waals surface area contributed by atoms with Gasteiger partial charge in [0.05, 0.1) is 25.2 Å². The molecule has 0 saturated carbocycles. The predicted molar refractivity (Wildman–Crippen MR) is 119 cm³/mol. The highest BCUT2D eigenvalue weighted by Crippen LogP contribution is 2.30. The minimum atomic E-state index is -3.62. The Labute approximate surface area is 184 Å². The largest absolute Gasteiger partial charge is 0.497 e. The van der Waals surface area contributed by atoms with E-state index >= 15 is 0 Å². The first-order valence-electron chi connectivity index (χ1n) is 10.4. The van der Waals surface area contributed by atoms with Gasteiger partial charge < -0.3 is 14.8 Å². The third-order valence-corrected chi connectivity index (χ3v) is 7.55. The molecule has 1 aliphatic rings. The molecule has 2 aromatic rings. The molecule has 2 aromatic carbocycles. The van der Waals surface area contributed by atoms with Crippen molar-refractivity contribution in [1.29, 1.82) is 0 Å². The molecule has 7 nitrogen and oxygen atoms in total. The molecular formula is C23H30N2O5S. The van der Waals surface area contributed by atoms with Gasteiger partial charge in [-0.05, 0) is 62.6 Å². The molecule has 0 aliphatic carbocycles. The zero-order chi connectivity index (χ0) is 22.6. The van der Waals surface area contributed by atoms with Crippen LogP contribution in [0.2, 0.25) is 0 Å². The Kier molecular flexibility index (Phi) is 7.23. The van der Waals surface area contributed by atoms with Gasteiger partial charge in [-0.3, -0.25) is 4.79 Å². The number of carbonyl (C=O) groups excluding carboxylic acids is 1. The highest BCUT2D eigenvalue weighted by Gasteiger charge is 2.27. The van der Waals surface area contributed by atoms with E-state index in [-0.39, 0.29) is 16.8 Å². The molecule has 1 amide bonds. The summed E-state index contributed by atoms with van der Waals surface area (Å²) in [6, 6.07) is 9.74. The second kappa shape index (κ2) is 9.70. The number of nitrogens with one attached hydrogen (secondary N) is 1. The molecule has 1 heterocycles. The number of rotatable bonds is 7. The first-order valence-corrected chi connectivity index (χ1v) is 11.9. The number of hydrogen-bond donors (Lipinski definition) is 1. The van der Waals surface area contributed by atoms with Gasteiger partial charge in [0.25, 0.3) is 5.91 Å². The molecular weight excluding hydrogens is 416 g/mol. The van der Waals surface area contributed by atoms with Crippen LogP contribution in [0.3, 0.4) is 0 Å². The molecule has 0 bridgehead atoms. The lowest BCUT2D eigenvalue weighted by Gasteiger charge is -2.26. The topological polar surface area (TPSA) is 84.9 Å². The fraction of sp³-hybridized carbons (Fsp3) is 0.435. The number of aryl methyl sites for hydroxylation is 1. The molecule has 1 aliphatic heterocycles. The number of methoxy groups -OCH3 is 2. The van der Waals surface area contributed by atoms with Crippen molar-refractivity contribution in [2.45, 2.75) is 44.0 Å². The van der Waals surface area contributed by atoms with Crippen molar-refractivity contribution >= 4 is 15.9 Å². The van der Waals surface area contributed by atoms with Crippen molar-refractivity contribution in [3.63, 3.8) is 0 Å². The van der Waals surface area contributed by atoms with Crippen LogP contribution in [0, 0.1) is 6.92 Å². The van der Waals surface area contributed by atoms with E-state index < -0.39 is 10.0 Å². The van der Waals surface area contributed by atoms with Crippen LogP contribution in [0.5, 0.6) is 11.5 Å². The summed E-state index contributed by atoms with van der Waals surface area (Å²) in [5.74, 6) is 0.944. The zero-order valence-electron chi connectivity index (χ0n) is 18.5. The smallest absolute Gasteiger partial charge is 0.252 e. The highest BCUT2D eigenvalue weighted by molar-refractivity contribution is 7.89. The molecule has 3 rings (SSSR count). The van der Waals surface area contributed by atoms with Crippen molar-refractivity contribution in [3.8, 4) is 11.5 Å². The first kappa shape index (κ1) is 23.1. The lowest BCUT2D eigenvalue weighted by molar-refractivity contribution is 0.0938. The van der Waals surface area contributed by atoms with E-state index in [4.69, 9.17) is 9.47 Å². The average molecular weight is 447 g/mol. The molecule has 31 heavy (non-hydrogen) atoms. The van der Waals surface area contributed by atoms with Crippen LogP contribution in [0.1, 0.15) is 53.7 Å². The Morgan fingerprint density at radius 1 is 1.03 bits per heavy atom. The standard InChI is InChI=1S/C23H30N2O5S/c1-16-8-10-19(31(27,28)25-12-6-5-7-13-25)15-20(16)23(26)24-17(2)21-14-18(29-3)9-11-22(21)30-4/h8-11,14-15,17H,5-7,12-13H2,1-4H3,(H,24,26)/t17-/m1/s1. The van der Waals surface area contributed by atoms with E-state index in [1.807, 2.05) is 13.0 Å². The summed E-state index contributed by atoms with van der Waals surface area (Å²) in [7, 11) is -0.474. The number of ether oxygens (including phenoxy) is 2. The maximum absolute atomic E-state index is 13.1. The summed E-state index contributed by atoms with van der Waals surface area (Å²) in [6.07, 6.45) is 2.76. The molecule has 0 radical (unpaired) electrons. The maximum atomic E-state index is 13.1. The van der Waals surface area contributed by atoms with Gasteiger partial charge in [-0.25, -0.2) is 8.42 Å². The summed E-state index contributed by atoms with van der Waals surface area (Å²) < 4.78 is 38.3. The quantitative estimate of drug-likeness (QED) is 0.701. The van der Waals surface area contributed by atoms with Gasteiger partial charge >= 0.3 is 0 Å².